The van der Waals surface area contributed by atoms with Gasteiger partial charge in [0.1, 0.15) is 0 Å². The van der Waals surface area contributed by atoms with Gasteiger partial charge in [-0.2, -0.15) is 0 Å². The van der Waals surface area contributed by atoms with Gasteiger partial charge in [0.15, 0.2) is 0 Å². The molecule has 1 unspecified atom stereocenters. The third-order valence-electron chi connectivity index (χ3n) is 2.99. The highest BCUT2D eigenvalue weighted by Crippen LogP contribution is 2.28. The fourth-order valence-corrected chi connectivity index (χ4v) is 3.03. The number of halogens is 1. The summed E-state index contributed by atoms with van der Waals surface area (Å²) in [6.07, 6.45) is 3.88. The largest absolute Gasteiger partial charge is 0.312 e. The van der Waals surface area contributed by atoms with Crippen LogP contribution in [0, 0.1) is 0 Å². The van der Waals surface area contributed by atoms with Crippen LogP contribution in [0.15, 0.2) is 30.5 Å². The minimum atomic E-state index is 0.280. The van der Waals surface area contributed by atoms with Crippen LogP contribution in [-0.2, 0) is 12.8 Å². The van der Waals surface area contributed by atoms with Gasteiger partial charge in [-0.05, 0) is 37.2 Å². The molecule has 2 aromatic rings. The first-order valence-electron chi connectivity index (χ1n) is 6.09. The molecule has 2 aromatic heterocycles. The minimum Gasteiger partial charge on any atom is -0.312 e. The maximum absolute atomic E-state index is 5.98. The normalized spacial score (nSPS) is 12.6. The zero-order valence-corrected chi connectivity index (χ0v) is 12.2. The topological polar surface area (TPSA) is 24.9 Å². The minimum absolute atomic E-state index is 0.280. The van der Waals surface area contributed by atoms with Gasteiger partial charge in [-0.1, -0.05) is 24.6 Å². The van der Waals surface area contributed by atoms with Gasteiger partial charge in [-0.25, -0.2) is 0 Å². The number of rotatable bonds is 5. The third kappa shape index (κ3) is 3.31. The SMILES string of the molecule is CCc1ccc(CC(NC)c2ccc(Cl)s2)nc1. The van der Waals surface area contributed by atoms with Crippen molar-refractivity contribution in [2.75, 3.05) is 7.05 Å². The molecule has 1 atom stereocenters. The van der Waals surface area contributed by atoms with Gasteiger partial charge in [0.25, 0.3) is 0 Å². The number of thiophene rings is 1. The first-order valence-corrected chi connectivity index (χ1v) is 7.28. The molecular formula is C14H17ClN2S. The molecule has 4 heteroatoms. The van der Waals surface area contributed by atoms with E-state index >= 15 is 0 Å². The van der Waals surface area contributed by atoms with Gasteiger partial charge >= 0.3 is 0 Å². The molecule has 0 amide bonds. The van der Waals surface area contributed by atoms with E-state index in [9.17, 15) is 0 Å². The number of nitrogens with zero attached hydrogens (tertiary/aromatic N) is 1. The van der Waals surface area contributed by atoms with E-state index in [1.807, 2.05) is 19.3 Å². The highest BCUT2D eigenvalue weighted by atomic mass is 35.5. The molecular weight excluding hydrogens is 264 g/mol. The first-order chi connectivity index (χ1) is 8.72. The molecule has 0 aliphatic heterocycles. The van der Waals surface area contributed by atoms with E-state index in [1.54, 1.807) is 11.3 Å². The van der Waals surface area contributed by atoms with Crippen LogP contribution in [0.2, 0.25) is 4.34 Å². The summed E-state index contributed by atoms with van der Waals surface area (Å²) in [5, 5.41) is 3.32. The van der Waals surface area contributed by atoms with E-state index in [0.717, 1.165) is 22.9 Å². The van der Waals surface area contributed by atoms with Crippen LogP contribution in [0.4, 0.5) is 0 Å². The van der Waals surface area contributed by atoms with Crippen LogP contribution < -0.4 is 5.32 Å². The Morgan fingerprint density at radius 3 is 2.67 bits per heavy atom. The number of hydrogen-bond donors (Lipinski definition) is 1. The molecule has 0 aromatic carbocycles. The van der Waals surface area contributed by atoms with Gasteiger partial charge in [0, 0.05) is 29.2 Å². The number of aryl methyl sites for hydroxylation is 1. The van der Waals surface area contributed by atoms with Crippen LogP contribution in [0.3, 0.4) is 0 Å². The summed E-state index contributed by atoms with van der Waals surface area (Å²) in [5.74, 6) is 0. The van der Waals surface area contributed by atoms with Crippen LogP contribution in [0.1, 0.15) is 29.1 Å². The number of hydrogen-bond acceptors (Lipinski definition) is 3. The Morgan fingerprint density at radius 2 is 2.17 bits per heavy atom. The lowest BCUT2D eigenvalue weighted by atomic mass is 10.1. The smallest absolute Gasteiger partial charge is 0.0931 e. The quantitative estimate of drug-likeness (QED) is 0.899. The Kier molecular flexibility index (Phi) is 4.75. The lowest BCUT2D eigenvalue weighted by Crippen LogP contribution is -2.18. The third-order valence-corrected chi connectivity index (χ3v) is 4.34. The van der Waals surface area contributed by atoms with Crippen molar-refractivity contribution in [3.8, 4) is 0 Å². The van der Waals surface area contributed by atoms with E-state index in [0.29, 0.717) is 0 Å². The number of pyridine rings is 1. The summed E-state index contributed by atoms with van der Waals surface area (Å²) in [7, 11) is 1.97. The van der Waals surface area contributed by atoms with Crippen molar-refractivity contribution in [1.29, 1.82) is 0 Å². The fraction of sp³-hybridized carbons (Fsp3) is 0.357. The summed E-state index contributed by atoms with van der Waals surface area (Å²) in [6.45, 7) is 2.14. The van der Waals surface area contributed by atoms with Crippen molar-refractivity contribution in [1.82, 2.24) is 10.3 Å². The van der Waals surface area contributed by atoms with Crippen molar-refractivity contribution in [2.24, 2.45) is 0 Å². The summed E-state index contributed by atoms with van der Waals surface area (Å²) in [5.41, 5.74) is 2.38. The molecule has 2 nitrogen and oxygen atoms in total. The molecule has 0 radical (unpaired) electrons. The van der Waals surface area contributed by atoms with E-state index in [4.69, 9.17) is 11.6 Å². The van der Waals surface area contributed by atoms with Crippen LogP contribution >= 0.6 is 22.9 Å². The summed E-state index contributed by atoms with van der Waals surface area (Å²) < 4.78 is 0.833. The highest BCUT2D eigenvalue weighted by Gasteiger charge is 2.13. The predicted molar refractivity (Wildman–Crippen MR) is 78.4 cm³/mol. The van der Waals surface area contributed by atoms with E-state index in [1.165, 1.54) is 10.4 Å². The van der Waals surface area contributed by atoms with Crippen LogP contribution in [0.25, 0.3) is 0 Å². The Labute approximate surface area is 117 Å². The fourth-order valence-electron chi connectivity index (χ4n) is 1.85. The van der Waals surface area contributed by atoms with Gasteiger partial charge in [0.05, 0.1) is 4.34 Å². The van der Waals surface area contributed by atoms with Crippen LogP contribution in [0.5, 0.6) is 0 Å². The van der Waals surface area contributed by atoms with E-state index in [-0.39, 0.29) is 6.04 Å². The Bertz CT molecular complexity index is 493. The van der Waals surface area contributed by atoms with Gasteiger partial charge < -0.3 is 5.32 Å². The molecule has 0 aliphatic carbocycles. The highest BCUT2D eigenvalue weighted by molar-refractivity contribution is 7.16. The average Bonchev–Trinajstić information content (AvgIpc) is 2.83. The Hall–Kier alpha value is -0.900. The predicted octanol–water partition coefficient (Wildman–Crippen LogP) is 3.86. The maximum atomic E-state index is 5.98. The molecule has 18 heavy (non-hydrogen) atoms. The Morgan fingerprint density at radius 1 is 1.33 bits per heavy atom. The Balaban J connectivity index is 2.10. The number of nitrogens with one attached hydrogen (secondary N) is 1. The maximum Gasteiger partial charge on any atom is 0.0931 e. The molecule has 0 saturated heterocycles. The molecule has 0 fully saturated rings. The van der Waals surface area contributed by atoms with Gasteiger partial charge in [-0.3, -0.25) is 4.98 Å². The van der Waals surface area contributed by atoms with Crippen molar-refractivity contribution < 1.29 is 0 Å². The zero-order chi connectivity index (χ0) is 13.0. The molecule has 0 spiro atoms. The summed E-state index contributed by atoms with van der Waals surface area (Å²) in [4.78, 5) is 5.75. The second-order valence-corrected chi connectivity index (χ2v) is 5.95. The standard InChI is InChI=1S/C14H17ClN2S/c1-3-10-4-5-11(17-9-10)8-12(16-2)13-6-7-14(15)18-13/h4-7,9,12,16H,3,8H2,1-2H3. The molecule has 0 bridgehead atoms. The van der Waals surface area contributed by atoms with E-state index in [2.05, 4.69) is 35.4 Å². The molecule has 0 saturated carbocycles. The summed E-state index contributed by atoms with van der Waals surface area (Å²) in [6, 6.07) is 8.56. The number of likely N-dealkylation sites (N-methyl/N-ethyl adjacent to an activating group) is 1. The lowest BCUT2D eigenvalue weighted by molar-refractivity contribution is 0.594. The molecule has 2 heterocycles. The molecule has 2 rings (SSSR count). The molecule has 1 N–H and O–H groups in total. The van der Waals surface area contributed by atoms with E-state index < -0.39 is 0 Å². The van der Waals surface area contributed by atoms with Crippen LogP contribution in [-0.4, -0.2) is 12.0 Å². The van der Waals surface area contributed by atoms with Crippen molar-refractivity contribution in [3.05, 3.63) is 50.9 Å². The number of aromatic nitrogens is 1. The van der Waals surface area contributed by atoms with Crippen molar-refractivity contribution in [3.63, 3.8) is 0 Å². The zero-order valence-electron chi connectivity index (χ0n) is 10.6. The van der Waals surface area contributed by atoms with Crippen molar-refractivity contribution >= 4 is 22.9 Å². The van der Waals surface area contributed by atoms with Gasteiger partial charge in [0.2, 0.25) is 0 Å². The van der Waals surface area contributed by atoms with Gasteiger partial charge in [-0.15, -0.1) is 11.3 Å². The lowest BCUT2D eigenvalue weighted by Gasteiger charge is -2.14. The van der Waals surface area contributed by atoms with Crippen molar-refractivity contribution in [2.45, 2.75) is 25.8 Å². The molecule has 96 valence electrons. The second-order valence-electron chi connectivity index (χ2n) is 4.20. The average molecular weight is 281 g/mol. The second kappa shape index (κ2) is 6.32. The monoisotopic (exact) mass is 280 g/mol. The molecule has 0 aliphatic rings. The first kappa shape index (κ1) is 13.5. The summed E-state index contributed by atoms with van der Waals surface area (Å²) >= 11 is 7.60.